The molecule has 1 aliphatic rings. The fourth-order valence-corrected chi connectivity index (χ4v) is 3.23. The van der Waals surface area contributed by atoms with E-state index in [1.54, 1.807) is 41.1 Å². The number of rotatable bonds is 4. The maximum Gasteiger partial charge on any atom is 0.254 e. The van der Waals surface area contributed by atoms with E-state index in [2.05, 4.69) is 0 Å². The van der Waals surface area contributed by atoms with Gasteiger partial charge < -0.3 is 9.80 Å². The van der Waals surface area contributed by atoms with Gasteiger partial charge in [0.1, 0.15) is 6.04 Å². The van der Waals surface area contributed by atoms with Crippen LogP contribution in [0.2, 0.25) is 0 Å². The Morgan fingerprint density at radius 1 is 1.25 bits per heavy atom. The fourth-order valence-electron chi connectivity index (χ4n) is 2.72. The zero-order valence-electron chi connectivity index (χ0n) is 14.4. The number of piperazine rings is 1. The number of likely N-dealkylation sites (N-methyl/N-ethyl adjacent to an activating group) is 1. The number of benzene rings is 1. The van der Waals surface area contributed by atoms with Gasteiger partial charge in [0.25, 0.3) is 5.91 Å². The van der Waals surface area contributed by atoms with Gasteiger partial charge in [0.2, 0.25) is 15.9 Å². The molecule has 1 fully saturated rings. The highest BCUT2D eigenvalue weighted by Gasteiger charge is 2.34. The topological polar surface area (TPSA) is 78.0 Å². The summed E-state index contributed by atoms with van der Waals surface area (Å²) in [5.74, 6) is -0.262. The van der Waals surface area contributed by atoms with Gasteiger partial charge in [-0.1, -0.05) is 6.92 Å². The lowest BCUT2D eigenvalue weighted by molar-refractivity contribution is -0.138. The summed E-state index contributed by atoms with van der Waals surface area (Å²) in [6.07, 6.45) is 1.68. The minimum atomic E-state index is -3.35. The largest absolute Gasteiger partial charge is 0.342 e. The number of anilines is 1. The molecule has 0 aliphatic carbocycles. The number of carbonyl (C=O) groups is 2. The maximum absolute atomic E-state index is 12.7. The van der Waals surface area contributed by atoms with E-state index < -0.39 is 16.1 Å². The molecule has 1 heterocycles. The monoisotopic (exact) mass is 353 g/mol. The number of nitrogens with zero attached hydrogens (tertiary/aromatic N) is 3. The summed E-state index contributed by atoms with van der Waals surface area (Å²) in [6.45, 7) is 2.88. The molecule has 2 amide bonds. The van der Waals surface area contributed by atoms with Gasteiger partial charge >= 0.3 is 0 Å². The number of hydrogen-bond acceptors (Lipinski definition) is 4. The number of amides is 2. The number of sulfonamides is 1. The Morgan fingerprint density at radius 3 is 2.33 bits per heavy atom. The van der Waals surface area contributed by atoms with Crippen molar-refractivity contribution in [1.29, 1.82) is 0 Å². The molecular weight excluding hydrogens is 330 g/mol. The van der Waals surface area contributed by atoms with Gasteiger partial charge in [-0.3, -0.25) is 13.9 Å². The third kappa shape index (κ3) is 3.53. The summed E-state index contributed by atoms with van der Waals surface area (Å²) in [7, 11) is -0.152. The van der Waals surface area contributed by atoms with E-state index in [0.717, 1.165) is 10.6 Å². The fraction of sp³-hybridized carbons (Fsp3) is 0.500. The Morgan fingerprint density at radius 2 is 1.83 bits per heavy atom. The molecule has 1 atom stereocenters. The van der Waals surface area contributed by atoms with E-state index in [-0.39, 0.29) is 11.8 Å². The van der Waals surface area contributed by atoms with Crippen molar-refractivity contribution >= 4 is 27.5 Å². The predicted molar refractivity (Wildman–Crippen MR) is 92.4 cm³/mol. The SMILES string of the molecule is CCC1C(=O)N(C)CCN1C(=O)c1ccc(N(C)S(C)(=O)=O)cc1. The third-order valence-corrected chi connectivity index (χ3v) is 5.54. The van der Waals surface area contributed by atoms with Gasteiger partial charge in [-0.05, 0) is 30.7 Å². The van der Waals surface area contributed by atoms with E-state index in [9.17, 15) is 18.0 Å². The Labute approximate surface area is 142 Å². The normalized spacial score (nSPS) is 18.7. The van der Waals surface area contributed by atoms with Crippen molar-refractivity contribution in [3.05, 3.63) is 29.8 Å². The summed E-state index contributed by atoms with van der Waals surface area (Å²) >= 11 is 0. The quantitative estimate of drug-likeness (QED) is 0.801. The van der Waals surface area contributed by atoms with Crippen LogP contribution in [0.1, 0.15) is 23.7 Å². The van der Waals surface area contributed by atoms with Crippen LogP contribution in [0.3, 0.4) is 0 Å². The Hall–Kier alpha value is -2.09. The first kappa shape index (κ1) is 18.3. The number of hydrogen-bond donors (Lipinski definition) is 0. The molecule has 24 heavy (non-hydrogen) atoms. The molecule has 8 heteroatoms. The van der Waals surface area contributed by atoms with Gasteiger partial charge in [0.15, 0.2) is 0 Å². The third-order valence-electron chi connectivity index (χ3n) is 4.34. The second-order valence-corrected chi connectivity index (χ2v) is 7.97. The van der Waals surface area contributed by atoms with Crippen molar-refractivity contribution in [3.63, 3.8) is 0 Å². The molecule has 132 valence electrons. The zero-order valence-corrected chi connectivity index (χ0v) is 15.2. The maximum atomic E-state index is 12.7. The summed E-state index contributed by atoms with van der Waals surface area (Å²) in [5, 5.41) is 0. The van der Waals surface area contributed by atoms with Gasteiger partial charge in [-0.15, -0.1) is 0 Å². The van der Waals surface area contributed by atoms with Crippen molar-refractivity contribution in [2.24, 2.45) is 0 Å². The van der Waals surface area contributed by atoms with Crippen LogP contribution in [0.5, 0.6) is 0 Å². The Balaban J connectivity index is 2.22. The summed E-state index contributed by atoms with van der Waals surface area (Å²) in [5.41, 5.74) is 0.923. The molecule has 0 aromatic heterocycles. The predicted octanol–water partition coefficient (Wildman–Crippen LogP) is 0.775. The molecule has 1 aliphatic heterocycles. The first-order chi connectivity index (χ1) is 11.2. The lowest BCUT2D eigenvalue weighted by atomic mass is 10.1. The van der Waals surface area contributed by atoms with E-state index in [0.29, 0.717) is 30.8 Å². The van der Waals surface area contributed by atoms with Crippen LogP contribution in [0.25, 0.3) is 0 Å². The molecule has 0 saturated carbocycles. The van der Waals surface area contributed by atoms with Gasteiger partial charge in [0.05, 0.1) is 11.9 Å². The lowest BCUT2D eigenvalue weighted by Crippen LogP contribution is -2.57. The smallest absolute Gasteiger partial charge is 0.254 e. The highest BCUT2D eigenvalue weighted by molar-refractivity contribution is 7.92. The molecule has 1 unspecified atom stereocenters. The van der Waals surface area contributed by atoms with Crippen molar-refractivity contribution in [2.45, 2.75) is 19.4 Å². The molecule has 0 spiro atoms. The average molecular weight is 353 g/mol. The highest BCUT2D eigenvalue weighted by Crippen LogP contribution is 2.20. The van der Waals surface area contributed by atoms with Crippen molar-refractivity contribution in [3.8, 4) is 0 Å². The standard InChI is InChI=1S/C16H23N3O4S/c1-5-14-16(21)17(2)10-11-19(14)15(20)12-6-8-13(9-7-12)18(3)24(4,22)23/h6-9,14H,5,10-11H2,1-4H3. The van der Waals surface area contributed by atoms with Crippen molar-refractivity contribution < 1.29 is 18.0 Å². The average Bonchev–Trinajstić information content (AvgIpc) is 2.55. The molecule has 0 N–H and O–H groups in total. The molecule has 0 bridgehead atoms. The van der Waals surface area contributed by atoms with Gasteiger partial charge in [-0.25, -0.2) is 8.42 Å². The molecule has 1 aromatic carbocycles. The van der Waals surface area contributed by atoms with Gasteiger partial charge in [-0.2, -0.15) is 0 Å². The van der Waals surface area contributed by atoms with E-state index in [1.807, 2.05) is 6.92 Å². The highest BCUT2D eigenvalue weighted by atomic mass is 32.2. The van der Waals surface area contributed by atoms with Crippen LogP contribution in [-0.2, 0) is 14.8 Å². The molecule has 2 rings (SSSR count). The van der Waals surface area contributed by atoms with E-state index >= 15 is 0 Å². The van der Waals surface area contributed by atoms with E-state index in [1.165, 1.54) is 7.05 Å². The number of carbonyl (C=O) groups excluding carboxylic acids is 2. The Bertz CT molecular complexity index is 730. The van der Waals surface area contributed by atoms with Gasteiger partial charge in [0, 0.05) is 32.7 Å². The lowest BCUT2D eigenvalue weighted by Gasteiger charge is -2.38. The summed E-state index contributed by atoms with van der Waals surface area (Å²) in [4.78, 5) is 28.2. The van der Waals surface area contributed by atoms with Crippen LogP contribution >= 0.6 is 0 Å². The van der Waals surface area contributed by atoms with Crippen molar-refractivity contribution in [1.82, 2.24) is 9.80 Å². The van der Waals surface area contributed by atoms with Crippen LogP contribution in [0.4, 0.5) is 5.69 Å². The minimum Gasteiger partial charge on any atom is -0.342 e. The molecule has 1 aromatic rings. The van der Waals surface area contributed by atoms with Crippen molar-refractivity contribution in [2.75, 3.05) is 37.7 Å². The Kier molecular flexibility index (Phi) is 5.17. The van der Waals surface area contributed by atoms with Crippen LogP contribution in [0.15, 0.2) is 24.3 Å². The summed E-state index contributed by atoms with van der Waals surface area (Å²) in [6, 6.07) is 5.92. The van der Waals surface area contributed by atoms with Crippen LogP contribution in [0, 0.1) is 0 Å². The second-order valence-electron chi connectivity index (χ2n) is 5.96. The van der Waals surface area contributed by atoms with E-state index in [4.69, 9.17) is 0 Å². The minimum absolute atomic E-state index is 0.0504. The first-order valence-electron chi connectivity index (χ1n) is 7.76. The zero-order chi connectivity index (χ0) is 18.1. The van der Waals surface area contributed by atoms with Crippen LogP contribution < -0.4 is 4.31 Å². The van der Waals surface area contributed by atoms with Crippen LogP contribution in [-0.4, -0.2) is 69.5 Å². The molecule has 7 nitrogen and oxygen atoms in total. The second kappa shape index (κ2) is 6.80. The molecule has 1 saturated heterocycles. The first-order valence-corrected chi connectivity index (χ1v) is 9.61. The molecular formula is C16H23N3O4S. The molecule has 0 radical (unpaired) electrons. The summed E-state index contributed by atoms with van der Waals surface area (Å²) < 4.78 is 24.3.